The van der Waals surface area contributed by atoms with Crippen LogP contribution < -0.4 is 23.7 Å². The molecule has 0 aromatic heterocycles. The van der Waals surface area contributed by atoms with Crippen LogP contribution in [0.4, 0.5) is 0 Å². The average Bonchev–Trinajstić information content (AvgIpc) is 2.85. The lowest BCUT2D eigenvalue weighted by Crippen LogP contribution is -2.13. The second-order valence-corrected chi connectivity index (χ2v) is 5.87. The lowest BCUT2D eigenvalue weighted by Gasteiger charge is -2.19. The van der Waals surface area contributed by atoms with Crippen molar-refractivity contribution in [2.24, 2.45) is 0 Å². The zero-order valence-corrected chi connectivity index (χ0v) is 15.6. The molecule has 1 aliphatic rings. The molecule has 0 spiro atoms. The van der Waals surface area contributed by atoms with Crippen molar-refractivity contribution in [1.29, 1.82) is 0 Å². The van der Waals surface area contributed by atoms with Gasteiger partial charge >= 0.3 is 0 Å². The molecule has 1 heterocycles. The Bertz CT molecular complexity index is 873. The Kier molecular flexibility index (Phi) is 5.32. The van der Waals surface area contributed by atoms with Crippen LogP contribution in [0.1, 0.15) is 11.1 Å². The van der Waals surface area contributed by atoms with E-state index in [1.165, 1.54) is 28.4 Å². The van der Waals surface area contributed by atoms with Crippen LogP contribution >= 0.6 is 0 Å². The van der Waals surface area contributed by atoms with Gasteiger partial charge in [-0.05, 0) is 35.4 Å². The van der Waals surface area contributed by atoms with Crippen LogP contribution in [0.25, 0.3) is 5.57 Å². The van der Waals surface area contributed by atoms with Gasteiger partial charge in [-0.3, -0.25) is 0 Å². The molecule has 7 heteroatoms. The number of aliphatic hydroxyl groups excluding tert-OH is 1. The first kappa shape index (κ1) is 18.7. The van der Waals surface area contributed by atoms with Crippen molar-refractivity contribution in [3.63, 3.8) is 0 Å². The summed E-state index contributed by atoms with van der Waals surface area (Å²) in [6.07, 6.45) is 0.816. The van der Waals surface area contributed by atoms with Gasteiger partial charge in [0, 0.05) is 5.56 Å². The average molecular weight is 374 g/mol. The maximum atomic E-state index is 10.3. The molecule has 7 nitrogen and oxygen atoms in total. The molecule has 0 bridgehead atoms. The van der Waals surface area contributed by atoms with E-state index in [4.69, 9.17) is 23.7 Å². The summed E-state index contributed by atoms with van der Waals surface area (Å²) in [6.45, 7) is 0.0461. The van der Waals surface area contributed by atoms with Gasteiger partial charge in [0.25, 0.3) is 0 Å². The number of aliphatic hydroxyl groups is 1. The Labute approximate surface area is 157 Å². The van der Waals surface area contributed by atoms with Crippen LogP contribution in [-0.4, -0.2) is 51.4 Å². The summed E-state index contributed by atoms with van der Waals surface area (Å²) in [7, 11) is 6.02. The number of benzene rings is 2. The minimum atomic E-state index is -0.849. The van der Waals surface area contributed by atoms with E-state index < -0.39 is 6.10 Å². The van der Waals surface area contributed by atoms with E-state index in [1.54, 1.807) is 30.3 Å². The maximum Gasteiger partial charge on any atom is 0.207 e. The van der Waals surface area contributed by atoms with Gasteiger partial charge in [0.15, 0.2) is 23.0 Å². The SMILES string of the molecule is COc1ccc(C2=CC(O)COc3c2cc(OC)c(OC)c3OC)cc1O. The number of phenolic OH excluding ortho intramolecular Hbond substituents is 1. The molecule has 0 fully saturated rings. The van der Waals surface area contributed by atoms with Crippen LogP contribution in [0, 0.1) is 0 Å². The third kappa shape index (κ3) is 3.33. The topological polar surface area (TPSA) is 86.6 Å². The summed E-state index contributed by atoms with van der Waals surface area (Å²) >= 11 is 0. The number of hydrogen-bond donors (Lipinski definition) is 2. The number of phenols is 1. The molecule has 2 aromatic carbocycles. The van der Waals surface area contributed by atoms with E-state index in [0.717, 1.165) is 0 Å². The largest absolute Gasteiger partial charge is 0.504 e. The Morgan fingerprint density at radius 3 is 2.22 bits per heavy atom. The molecule has 1 atom stereocenters. The fourth-order valence-corrected chi connectivity index (χ4v) is 3.08. The molecule has 0 saturated carbocycles. The molecule has 2 aromatic rings. The Hall–Kier alpha value is -3.06. The second-order valence-electron chi connectivity index (χ2n) is 5.87. The Morgan fingerprint density at radius 2 is 1.63 bits per heavy atom. The fourth-order valence-electron chi connectivity index (χ4n) is 3.08. The third-order valence-corrected chi connectivity index (χ3v) is 4.32. The van der Waals surface area contributed by atoms with Gasteiger partial charge in [0.1, 0.15) is 12.7 Å². The molecule has 0 saturated heterocycles. The van der Waals surface area contributed by atoms with Gasteiger partial charge in [-0.25, -0.2) is 0 Å². The minimum Gasteiger partial charge on any atom is -0.504 e. The van der Waals surface area contributed by atoms with Crippen LogP contribution in [0.2, 0.25) is 0 Å². The van der Waals surface area contributed by atoms with Crippen molar-refractivity contribution in [2.45, 2.75) is 6.10 Å². The van der Waals surface area contributed by atoms with Gasteiger partial charge in [0.05, 0.1) is 28.4 Å². The molecule has 3 rings (SSSR count). The molecule has 2 N–H and O–H groups in total. The zero-order valence-electron chi connectivity index (χ0n) is 15.6. The highest BCUT2D eigenvalue weighted by Gasteiger charge is 2.27. The number of fused-ring (bicyclic) bond motifs is 1. The van der Waals surface area contributed by atoms with Gasteiger partial charge in [-0.1, -0.05) is 6.07 Å². The van der Waals surface area contributed by atoms with Crippen LogP contribution in [-0.2, 0) is 0 Å². The van der Waals surface area contributed by atoms with E-state index in [9.17, 15) is 10.2 Å². The fraction of sp³-hybridized carbons (Fsp3) is 0.300. The zero-order chi connectivity index (χ0) is 19.6. The molecule has 144 valence electrons. The second kappa shape index (κ2) is 7.67. The lowest BCUT2D eigenvalue weighted by atomic mass is 9.95. The van der Waals surface area contributed by atoms with Crippen LogP contribution in [0.15, 0.2) is 30.3 Å². The van der Waals surface area contributed by atoms with E-state index in [1.807, 2.05) is 0 Å². The molecule has 0 aliphatic carbocycles. The Morgan fingerprint density at radius 1 is 0.926 bits per heavy atom. The predicted molar refractivity (Wildman–Crippen MR) is 99.3 cm³/mol. The van der Waals surface area contributed by atoms with E-state index in [2.05, 4.69) is 0 Å². The van der Waals surface area contributed by atoms with Gasteiger partial charge < -0.3 is 33.9 Å². The molecule has 0 radical (unpaired) electrons. The summed E-state index contributed by atoms with van der Waals surface area (Å²) in [4.78, 5) is 0. The highest BCUT2D eigenvalue weighted by atomic mass is 16.5. The Balaban J connectivity index is 2.26. The molecule has 27 heavy (non-hydrogen) atoms. The van der Waals surface area contributed by atoms with Gasteiger partial charge in [-0.2, -0.15) is 0 Å². The van der Waals surface area contributed by atoms with E-state index in [-0.39, 0.29) is 12.4 Å². The van der Waals surface area contributed by atoms with E-state index >= 15 is 0 Å². The van der Waals surface area contributed by atoms with Crippen LogP contribution in [0.3, 0.4) is 0 Å². The molecule has 1 aliphatic heterocycles. The standard InChI is InChI=1S/C20H22O7/c1-23-16-6-5-11(7-15(16)22)13-8-12(21)10-27-18-14(13)9-17(24-2)19(25-3)20(18)26-4/h5-9,12,21-22H,10H2,1-4H3. The summed E-state index contributed by atoms with van der Waals surface area (Å²) in [5.74, 6) is 1.99. The number of methoxy groups -OCH3 is 4. The summed E-state index contributed by atoms with van der Waals surface area (Å²) in [5, 5.41) is 20.5. The van der Waals surface area contributed by atoms with Crippen molar-refractivity contribution in [2.75, 3.05) is 35.0 Å². The summed E-state index contributed by atoms with van der Waals surface area (Å²) in [6, 6.07) is 6.76. The quantitative estimate of drug-likeness (QED) is 0.832. The first-order valence-corrected chi connectivity index (χ1v) is 8.27. The maximum absolute atomic E-state index is 10.3. The predicted octanol–water partition coefficient (Wildman–Crippen LogP) is 2.61. The highest BCUT2D eigenvalue weighted by molar-refractivity contribution is 5.87. The summed E-state index contributed by atoms with van der Waals surface area (Å²) < 4.78 is 27.3. The number of aromatic hydroxyl groups is 1. The lowest BCUT2D eigenvalue weighted by molar-refractivity contribution is 0.143. The normalized spacial score (nSPS) is 15.7. The smallest absolute Gasteiger partial charge is 0.207 e. The highest BCUT2D eigenvalue weighted by Crippen LogP contribution is 2.50. The molecular formula is C20H22O7. The number of rotatable bonds is 5. The third-order valence-electron chi connectivity index (χ3n) is 4.32. The minimum absolute atomic E-state index is 0.00968. The first-order valence-electron chi connectivity index (χ1n) is 8.27. The first-order chi connectivity index (χ1) is 13.0. The summed E-state index contributed by atoms with van der Waals surface area (Å²) in [5.41, 5.74) is 1.98. The van der Waals surface area contributed by atoms with Gasteiger partial charge in [0.2, 0.25) is 11.5 Å². The van der Waals surface area contributed by atoms with Crippen molar-refractivity contribution in [3.8, 4) is 34.5 Å². The van der Waals surface area contributed by atoms with E-state index in [0.29, 0.717) is 45.4 Å². The van der Waals surface area contributed by atoms with Crippen molar-refractivity contribution >= 4 is 5.57 Å². The molecule has 1 unspecified atom stereocenters. The number of hydrogen-bond acceptors (Lipinski definition) is 7. The van der Waals surface area contributed by atoms with Crippen LogP contribution in [0.5, 0.6) is 34.5 Å². The monoisotopic (exact) mass is 374 g/mol. The van der Waals surface area contributed by atoms with Gasteiger partial charge in [-0.15, -0.1) is 0 Å². The molecule has 0 amide bonds. The van der Waals surface area contributed by atoms with Crippen molar-refractivity contribution < 1.29 is 33.9 Å². The number of ether oxygens (including phenoxy) is 5. The van der Waals surface area contributed by atoms with Crippen molar-refractivity contribution in [1.82, 2.24) is 0 Å². The van der Waals surface area contributed by atoms with Crippen molar-refractivity contribution in [3.05, 3.63) is 41.5 Å². The molecular weight excluding hydrogens is 352 g/mol.